The number of aromatic nitrogens is 1. The van der Waals surface area contributed by atoms with Crippen LogP contribution in [0.15, 0.2) is 23.8 Å². The number of sulfone groups is 1. The number of allylic oxidation sites excluding steroid dienone is 1. The Balaban J connectivity index is 2.29. The van der Waals surface area contributed by atoms with E-state index in [1.54, 1.807) is 13.0 Å². The Morgan fingerprint density at radius 3 is 2.59 bits per heavy atom. The fraction of sp³-hybridized carbons (Fsp3) is 0.500. The van der Waals surface area contributed by atoms with E-state index in [-0.39, 0.29) is 28.4 Å². The second-order valence-corrected chi connectivity index (χ2v) is 7.93. The molecule has 0 amide bonds. The minimum absolute atomic E-state index is 0.207. The maximum absolute atomic E-state index is 12.7. The topological polar surface area (TPSA) is 65.4 Å². The number of rotatable bonds is 5. The zero-order chi connectivity index (χ0) is 16.3. The summed E-state index contributed by atoms with van der Waals surface area (Å²) in [5, 5.41) is -0.396. The first-order chi connectivity index (χ1) is 10.4. The maximum Gasteiger partial charge on any atom is 0.335 e. The van der Waals surface area contributed by atoms with Gasteiger partial charge < -0.3 is 9.30 Å². The smallest absolute Gasteiger partial charge is 0.335 e. The molecule has 0 N–H and O–H groups in total. The second-order valence-electron chi connectivity index (χ2n) is 5.00. The molecule has 1 aromatic rings. The lowest BCUT2D eigenvalue weighted by molar-refractivity contribution is -0.138. The zero-order valence-electron chi connectivity index (χ0n) is 12.1. The summed E-state index contributed by atoms with van der Waals surface area (Å²) in [6.45, 7) is 1.89. The van der Waals surface area contributed by atoms with Gasteiger partial charge in [0.25, 0.3) is 0 Å². The summed E-state index contributed by atoms with van der Waals surface area (Å²) in [6, 6.07) is 3.06. The van der Waals surface area contributed by atoms with Gasteiger partial charge in [-0.3, -0.25) is 0 Å². The van der Waals surface area contributed by atoms with Crippen LogP contribution >= 0.6 is 23.2 Å². The van der Waals surface area contributed by atoms with Gasteiger partial charge in [0.05, 0.1) is 17.4 Å². The van der Waals surface area contributed by atoms with E-state index in [1.165, 1.54) is 16.7 Å². The van der Waals surface area contributed by atoms with Crippen molar-refractivity contribution in [2.75, 3.05) is 6.61 Å². The van der Waals surface area contributed by atoms with Crippen LogP contribution in [0.25, 0.3) is 0 Å². The van der Waals surface area contributed by atoms with Crippen molar-refractivity contribution in [3.05, 3.63) is 34.1 Å². The van der Waals surface area contributed by atoms with Gasteiger partial charge in [-0.2, -0.15) is 0 Å². The van der Waals surface area contributed by atoms with Gasteiger partial charge in [0.1, 0.15) is 16.2 Å². The number of carbonyl (C=O) groups is 1. The molecule has 0 aliphatic heterocycles. The summed E-state index contributed by atoms with van der Waals surface area (Å²) < 4.78 is 31.6. The van der Waals surface area contributed by atoms with Crippen LogP contribution < -0.4 is 0 Å². The molecule has 1 heterocycles. The van der Waals surface area contributed by atoms with E-state index in [2.05, 4.69) is 0 Å². The van der Waals surface area contributed by atoms with Gasteiger partial charge in [-0.25, -0.2) is 13.2 Å². The van der Waals surface area contributed by atoms with Crippen molar-refractivity contribution in [3.8, 4) is 0 Å². The quantitative estimate of drug-likeness (QED) is 0.751. The third-order valence-corrected chi connectivity index (χ3v) is 6.14. The van der Waals surface area contributed by atoms with Crippen molar-refractivity contribution in [3.63, 3.8) is 0 Å². The highest BCUT2D eigenvalue weighted by atomic mass is 35.5. The van der Waals surface area contributed by atoms with Gasteiger partial charge in [0.15, 0.2) is 9.84 Å². The zero-order valence-corrected chi connectivity index (χ0v) is 14.4. The lowest BCUT2D eigenvalue weighted by Gasteiger charge is -2.23. The van der Waals surface area contributed by atoms with Gasteiger partial charge in [-0.15, -0.1) is 0 Å². The van der Waals surface area contributed by atoms with E-state index in [4.69, 9.17) is 27.9 Å². The van der Waals surface area contributed by atoms with Crippen LogP contribution in [-0.2, 0) is 25.2 Å². The molecule has 0 aromatic carbocycles. The lowest BCUT2D eigenvalue weighted by Crippen LogP contribution is -2.33. The molecule has 0 radical (unpaired) electrons. The monoisotopic (exact) mass is 365 g/mol. The molecule has 1 aliphatic rings. The Kier molecular flexibility index (Phi) is 5.58. The first-order valence-corrected chi connectivity index (χ1v) is 9.43. The average Bonchev–Trinajstić information content (AvgIpc) is 2.79. The van der Waals surface area contributed by atoms with Gasteiger partial charge in [0.2, 0.25) is 0 Å². The largest absolute Gasteiger partial charge is 0.463 e. The molecule has 0 saturated carbocycles. The van der Waals surface area contributed by atoms with Crippen molar-refractivity contribution >= 4 is 39.0 Å². The van der Waals surface area contributed by atoms with Crippen LogP contribution in [0.5, 0.6) is 0 Å². The molecule has 0 fully saturated rings. The van der Waals surface area contributed by atoms with Gasteiger partial charge in [-0.1, -0.05) is 29.3 Å². The Hall–Kier alpha value is -0.980. The Morgan fingerprint density at radius 1 is 1.36 bits per heavy atom. The van der Waals surface area contributed by atoms with E-state index in [9.17, 15) is 13.2 Å². The number of hydrogen-bond acceptors (Lipinski definition) is 4. The number of carbonyl (C=O) groups excluding carboxylic acids is 1. The standard InChI is InChI=1S/C14H17Cl2NO4S/c1-2-21-14(18)10-5-3-4-6-11(10)22(19,20)9-17-12(15)7-8-13(17)16/h5,7-8,11H,2-4,6,9H2,1H3. The molecule has 122 valence electrons. The summed E-state index contributed by atoms with van der Waals surface area (Å²) in [5.41, 5.74) is 0.215. The first kappa shape index (κ1) is 17.4. The summed E-state index contributed by atoms with van der Waals surface area (Å²) in [7, 11) is -3.64. The van der Waals surface area contributed by atoms with Crippen LogP contribution in [0.3, 0.4) is 0 Å². The molecule has 0 spiro atoms. The van der Waals surface area contributed by atoms with Crippen molar-refractivity contribution in [1.82, 2.24) is 4.57 Å². The van der Waals surface area contributed by atoms with E-state index < -0.39 is 21.1 Å². The van der Waals surface area contributed by atoms with Crippen molar-refractivity contribution < 1.29 is 17.9 Å². The predicted molar refractivity (Wildman–Crippen MR) is 85.7 cm³/mol. The highest BCUT2D eigenvalue weighted by Crippen LogP contribution is 2.29. The SMILES string of the molecule is CCOC(=O)C1=CCCCC1S(=O)(=O)Cn1c(Cl)ccc1Cl. The molecule has 1 atom stereocenters. The fourth-order valence-corrected chi connectivity index (χ4v) is 5.00. The highest BCUT2D eigenvalue weighted by molar-refractivity contribution is 7.91. The minimum atomic E-state index is -3.64. The van der Waals surface area contributed by atoms with Gasteiger partial charge >= 0.3 is 5.97 Å². The number of halogens is 2. The third kappa shape index (κ3) is 3.67. The first-order valence-electron chi connectivity index (χ1n) is 6.96. The van der Waals surface area contributed by atoms with Crippen LogP contribution in [-0.4, -0.2) is 30.8 Å². The summed E-state index contributed by atoms with van der Waals surface area (Å²) in [6.07, 6.45) is 3.43. The van der Waals surface area contributed by atoms with E-state index in [0.717, 1.165) is 0 Å². The van der Waals surface area contributed by atoms with Crippen LogP contribution in [0, 0.1) is 0 Å². The van der Waals surface area contributed by atoms with Crippen LogP contribution in [0.1, 0.15) is 26.2 Å². The molecule has 8 heteroatoms. The Labute approximate surface area is 139 Å². The number of esters is 1. The molecule has 0 saturated heterocycles. The number of hydrogen-bond donors (Lipinski definition) is 0. The maximum atomic E-state index is 12.7. The predicted octanol–water partition coefficient (Wildman–Crippen LogP) is 3.21. The van der Waals surface area contributed by atoms with E-state index >= 15 is 0 Å². The highest BCUT2D eigenvalue weighted by Gasteiger charge is 2.35. The van der Waals surface area contributed by atoms with Crippen LogP contribution in [0.2, 0.25) is 10.3 Å². The molecule has 1 unspecified atom stereocenters. The molecule has 5 nitrogen and oxygen atoms in total. The average molecular weight is 366 g/mol. The summed E-state index contributed by atoms with van der Waals surface area (Å²) >= 11 is 11.9. The normalized spacial score (nSPS) is 18.9. The molecule has 1 aromatic heterocycles. The molecule has 0 bridgehead atoms. The van der Waals surface area contributed by atoms with E-state index in [0.29, 0.717) is 19.3 Å². The summed E-state index contributed by atoms with van der Waals surface area (Å²) in [5.74, 6) is -0.931. The Morgan fingerprint density at radius 2 is 2.00 bits per heavy atom. The van der Waals surface area contributed by atoms with Crippen molar-refractivity contribution in [2.24, 2.45) is 0 Å². The number of ether oxygens (including phenoxy) is 1. The molecular formula is C14H17Cl2NO4S. The minimum Gasteiger partial charge on any atom is -0.463 e. The molecule has 1 aliphatic carbocycles. The molecular weight excluding hydrogens is 349 g/mol. The van der Waals surface area contributed by atoms with Crippen molar-refractivity contribution in [2.45, 2.75) is 37.3 Å². The van der Waals surface area contributed by atoms with Gasteiger partial charge in [0, 0.05) is 0 Å². The fourth-order valence-electron chi connectivity index (χ4n) is 2.46. The lowest BCUT2D eigenvalue weighted by atomic mass is 9.99. The summed E-state index contributed by atoms with van der Waals surface area (Å²) in [4.78, 5) is 12.0. The molecule has 2 rings (SSSR count). The van der Waals surface area contributed by atoms with Crippen LogP contribution in [0.4, 0.5) is 0 Å². The number of nitrogens with zero attached hydrogens (tertiary/aromatic N) is 1. The van der Waals surface area contributed by atoms with Crippen molar-refractivity contribution in [1.29, 1.82) is 0 Å². The third-order valence-electron chi connectivity index (χ3n) is 3.51. The molecule has 22 heavy (non-hydrogen) atoms. The Bertz CT molecular complexity index is 674. The van der Waals surface area contributed by atoms with E-state index in [1.807, 2.05) is 0 Å². The van der Waals surface area contributed by atoms with Gasteiger partial charge in [-0.05, 0) is 38.3 Å². The second kappa shape index (κ2) is 7.06.